The molecule has 10 heavy (non-hydrogen) atoms. The van der Waals surface area contributed by atoms with E-state index in [0.717, 1.165) is 0 Å². The molecule has 0 unspecified atom stereocenters. The predicted molar refractivity (Wildman–Crippen MR) is 47.7 cm³/mol. The Balaban J connectivity index is 1.91. The molecule has 0 heterocycles. The second kappa shape index (κ2) is 5.44. The Morgan fingerprint density at radius 2 is 2.00 bits per heavy atom. The fourth-order valence-electron chi connectivity index (χ4n) is 1.45. The van der Waals surface area contributed by atoms with Gasteiger partial charge in [0.05, 0.1) is 0 Å². The summed E-state index contributed by atoms with van der Waals surface area (Å²) in [4.78, 5) is 0. The predicted octanol–water partition coefficient (Wildman–Crippen LogP) is 3.27. The SMILES string of the molecule is CCCC[Te]C1CCCC1. The van der Waals surface area contributed by atoms with Crippen molar-refractivity contribution in [1.82, 2.24) is 0 Å². The summed E-state index contributed by atoms with van der Waals surface area (Å²) >= 11 is 0.450. The molecule has 0 N–H and O–H groups in total. The third-order valence-electron chi connectivity index (χ3n) is 2.15. The van der Waals surface area contributed by atoms with Gasteiger partial charge in [0, 0.05) is 0 Å². The van der Waals surface area contributed by atoms with E-state index < -0.39 is 0 Å². The molecular formula is C9H18Te. The molecule has 0 aromatic carbocycles. The fraction of sp³-hybridized carbons (Fsp3) is 1.00. The van der Waals surface area contributed by atoms with Gasteiger partial charge in [-0.05, 0) is 0 Å². The summed E-state index contributed by atoms with van der Waals surface area (Å²) in [6, 6.07) is 0. The maximum atomic E-state index is 2.31. The monoisotopic (exact) mass is 256 g/mol. The van der Waals surface area contributed by atoms with Crippen molar-refractivity contribution >= 4 is 20.9 Å². The van der Waals surface area contributed by atoms with Crippen LogP contribution in [0.25, 0.3) is 0 Å². The molecule has 0 saturated heterocycles. The molecule has 0 atom stereocenters. The zero-order valence-electron chi connectivity index (χ0n) is 6.94. The summed E-state index contributed by atoms with van der Waals surface area (Å²) in [5.74, 6) is 0. The molecule has 0 nitrogen and oxygen atoms in total. The summed E-state index contributed by atoms with van der Waals surface area (Å²) in [6.45, 7) is 2.31. The van der Waals surface area contributed by atoms with Crippen LogP contribution in [0.15, 0.2) is 0 Å². The average molecular weight is 254 g/mol. The van der Waals surface area contributed by atoms with Gasteiger partial charge in [0.1, 0.15) is 0 Å². The molecule has 0 bridgehead atoms. The minimum absolute atomic E-state index is 0.450. The van der Waals surface area contributed by atoms with E-state index in [-0.39, 0.29) is 0 Å². The van der Waals surface area contributed by atoms with Crippen LogP contribution in [-0.2, 0) is 0 Å². The first-order valence-corrected chi connectivity index (χ1v) is 7.54. The van der Waals surface area contributed by atoms with E-state index in [4.69, 9.17) is 0 Å². The van der Waals surface area contributed by atoms with E-state index in [2.05, 4.69) is 6.92 Å². The van der Waals surface area contributed by atoms with Crippen LogP contribution in [0.2, 0.25) is 8.43 Å². The van der Waals surface area contributed by atoms with Crippen LogP contribution >= 0.6 is 0 Å². The molecule has 0 aromatic rings. The molecule has 60 valence electrons. The molecule has 1 aliphatic carbocycles. The number of hydrogen-bond donors (Lipinski definition) is 0. The van der Waals surface area contributed by atoms with E-state index in [9.17, 15) is 0 Å². The maximum absolute atomic E-state index is 2.31. The van der Waals surface area contributed by atoms with Crippen molar-refractivity contribution in [1.29, 1.82) is 0 Å². The summed E-state index contributed by atoms with van der Waals surface area (Å²) in [5, 5.41) is 0. The molecule has 1 saturated carbocycles. The van der Waals surface area contributed by atoms with Crippen LogP contribution in [0.1, 0.15) is 45.4 Å². The summed E-state index contributed by atoms with van der Waals surface area (Å²) < 4.78 is 2.86. The Morgan fingerprint density at radius 1 is 1.30 bits per heavy atom. The van der Waals surface area contributed by atoms with E-state index in [1.54, 1.807) is 30.2 Å². The van der Waals surface area contributed by atoms with Crippen LogP contribution in [0.4, 0.5) is 0 Å². The van der Waals surface area contributed by atoms with E-state index >= 15 is 0 Å². The molecule has 1 fully saturated rings. The Labute approximate surface area is 74.9 Å². The van der Waals surface area contributed by atoms with Crippen molar-refractivity contribution in [3.8, 4) is 0 Å². The Kier molecular flexibility index (Phi) is 4.83. The second-order valence-electron chi connectivity index (χ2n) is 3.13. The third-order valence-corrected chi connectivity index (χ3v) is 6.34. The number of rotatable bonds is 4. The molecule has 0 spiro atoms. The molecule has 0 aromatic heterocycles. The zero-order valence-corrected chi connectivity index (χ0v) is 9.27. The van der Waals surface area contributed by atoms with Gasteiger partial charge in [-0.15, -0.1) is 0 Å². The second-order valence-corrected chi connectivity index (χ2v) is 7.15. The summed E-state index contributed by atoms with van der Waals surface area (Å²) in [7, 11) is 0. The number of hydrogen-bond acceptors (Lipinski definition) is 0. The van der Waals surface area contributed by atoms with Gasteiger partial charge < -0.3 is 0 Å². The number of unbranched alkanes of at least 4 members (excludes halogenated alkanes) is 1. The normalized spacial score (nSPS) is 20.1. The fourth-order valence-corrected chi connectivity index (χ4v) is 5.60. The van der Waals surface area contributed by atoms with Crippen molar-refractivity contribution in [2.24, 2.45) is 0 Å². The van der Waals surface area contributed by atoms with Gasteiger partial charge in [-0.2, -0.15) is 0 Å². The molecule has 0 radical (unpaired) electrons. The quantitative estimate of drug-likeness (QED) is 0.533. The van der Waals surface area contributed by atoms with Gasteiger partial charge in [0.2, 0.25) is 0 Å². The van der Waals surface area contributed by atoms with Gasteiger partial charge in [0.25, 0.3) is 0 Å². The van der Waals surface area contributed by atoms with Gasteiger partial charge in [0.15, 0.2) is 0 Å². The van der Waals surface area contributed by atoms with Gasteiger partial charge in [-0.3, -0.25) is 0 Å². The molecule has 1 aliphatic rings. The molecule has 0 amide bonds. The molecule has 1 rings (SSSR count). The van der Waals surface area contributed by atoms with Gasteiger partial charge in [-0.25, -0.2) is 0 Å². The van der Waals surface area contributed by atoms with Crippen molar-refractivity contribution < 1.29 is 0 Å². The van der Waals surface area contributed by atoms with Crippen LogP contribution in [0.3, 0.4) is 0 Å². The van der Waals surface area contributed by atoms with E-state index in [1.165, 1.54) is 16.8 Å². The first-order valence-electron chi connectivity index (χ1n) is 4.55. The standard InChI is InChI=1S/C9H18Te/c1-2-3-8-10-9-6-4-5-7-9/h9H,2-8H2,1H3. The van der Waals surface area contributed by atoms with Crippen molar-refractivity contribution in [2.75, 3.05) is 0 Å². The third kappa shape index (κ3) is 3.26. The van der Waals surface area contributed by atoms with Crippen LogP contribution < -0.4 is 0 Å². The Hall–Kier alpha value is 0.790. The topological polar surface area (TPSA) is 0 Å². The molecular weight excluding hydrogens is 236 g/mol. The summed E-state index contributed by atoms with van der Waals surface area (Å²) in [6.07, 6.45) is 9.19. The first-order chi connectivity index (χ1) is 4.93. The van der Waals surface area contributed by atoms with Crippen molar-refractivity contribution in [2.45, 2.75) is 53.9 Å². The van der Waals surface area contributed by atoms with E-state index in [1.807, 2.05) is 0 Å². The first kappa shape index (κ1) is 8.88. The molecule has 0 aliphatic heterocycles. The van der Waals surface area contributed by atoms with Gasteiger partial charge >= 0.3 is 74.8 Å². The average Bonchev–Trinajstić information content (AvgIpc) is 2.41. The van der Waals surface area contributed by atoms with Crippen molar-refractivity contribution in [3.05, 3.63) is 0 Å². The van der Waals surface area contributed by atoms with Crippen LogP contribution in [0, 0.1) is 0 Å². The van der Waals surface area contributed by atoms with E-state index in [0.29, 0.717) is 20.9 Å². The Morgan fingerprint density at radius 3 is 2.60 bits per heavy atom. The zero-order chi connectivity index (χ0) is 7.23. The minimum atomic E-state index is 0.450. The van der Waals surface area contributed by atoms with Crippen LogP contribution in [-0.4, -0.2) is 20.9 Å². The Bertz CT molecular complexity index is 74.8. The molecule has 1 heteroatoms. The summed E-state index contributed by atoms with van der Waals surface area (Å²) in [5.41, 5.74) is 0. The van der Waals surface area contributed by atoms with Crippen molar-refractivity contribution in [3.63, 3.8) is 0 Å². The van der Waals surface area contributed by atoms with Gasteiger partial charge in [-0.1, -0.05) is 0 Å². The van der Waals surface area contributed by atoms with Crippen LogP contribution in [0.5, 0.6) is 0 Å².